The van der Waals surface area contributed by atoms with E-state index in [2.05, 4.69) is 43.4 Å². The molecule has 3 nitrogen and oxygen atoms in total. The molecule has 0 aliphatic heterocycles. The normalized spacial score (nSPS) is 14.2. The van der Waals surface area contributed by atoms with Crippen LogP contribution in [0.5, 0.6) is 0 Å². The molecule has 0 aliphatic rings. The average Bonchev–Trinajstić information content (AvgIpc) is 2.51. The Morgan fingerprint density at radius 1 is 0.957 bits per heavy atom. The number of aliphatic hydroxyl groups excluding tert-OH is 1. The van der Waals surface area contributed by atoms with Gasteiger partial charge in [0.15, 0.2) is 0 Å². The van der Waals surface area contributed by atoms with Crippen molar-refractivity contribution in [1.82, 2.24) is 0 Å². The predicted octanol–water partition coefficient (Wildman–Crippen LogP) is 3.63. The molecule has 1 N–H and O–H groups in total. The minimum absolute atomic E-state index is 0.00509. The molecule has 3 heteroatoms. The van der Waals surface area contributed by atoms with Crippen molar-refractivity contribution < 1.29 is 15.0 Å². The molecule has 0 fully saturated rings. The van der Waals surface area contributed by atoms with E-state index in [4.69, 9.17) is 0 Å². The quantitative estimate of drug-likeness (QED) is 0.417. The molecule has 0 saturated heterocycles. The predicted molar refractivity (Wildman–Crippen MR) is 94.7 cm³/mol. The van der Waals surface area contributed by atoms with Crippen molar-refractivity contribution in [2.24, 2.45) is 0 Å². The molecule has 0 heterocycles. The lowest BCUT2D eigenvalue weighted by atomic mass is 10.1. The Hall–Kier alpha value is -1.87. The Kier molecular flexibility index (Phi) is 15.2. The molecule has 0 rings (SSSR count). The van der Waals surface area contributed by atoms with Gasteiger partial charge in [-0.2, -0.15) is 0 Å². The molecule has 1 unspecified atom stereocenters. The van der Waals surface area contributed by atoms with Crippen LogP contribution >= 0.6 is 0 Å². The van der Waals surface area contributed by atoms with Crippen LogP contribution in [0.4, 0.5) is 0 Å². The summed E-state index contributed by atoms with van der Waals surface area (Å²) < 4.78 is 0. The maximum Gasteiger partial charge on any atom is 0.0724 e. The monoisotopic (exact) mass is 317 g/mol. The van der Waals surface area contributed by atoms with Gasteiger partial charge in [0.1, 0.15) is 0 Å². The van der Waals surface area contributed by atoms with Crippen LogP contribution in [0, 0.1) is 0 Å². The summed E-state index contributed by atoms with van der Waals surface area (Å²) in [5, 5.41) is 19.8. The molecule has 0 aromatic heterocycles. The van der Waals surface area contributed by atoms with Gasteiger partial charge in [0.25, 0.3) is 0 Å². The second kappa shape index (κ2) is 16.5. The molecule has 0 spiro atoms. The average molecular weight is 317 g/mol. The zero-order valence-corrected chi connectivity index (χ0v) is 14.1. The van der Waals surface area contributed by atoms with E-state index in [1.54, 1.807) is 12.2 Å². The van der Waals surface area contributed by atoms with E-state index < -0.39 is 12.1 Å². The maximum absolute atomic E-state index is 10.2. The van der Waals surface area contributed by atoms with Gasteiger partial charge in [0, 0.05) is 5.97 Å². The first kappa shape index (κ1) is 21.1. The highest BCUT2D eigenvalue weighted by Gasteiger charge is 1.97. The number of hydrogen-bond donors (Lipinski definition) is 1. The number of carboxylic acids is 1. The highest BCUT2D eigenvalue weighted by molar-refractivity contribution is 5.64. The fourth-order valence-electron chi connectivity index (χ4n) is 1.78. The van der Waals surface area contributed by atoms with Gasteiger partial charge in [-0.1, -0.05) is 67.7 Å². The van der Waals surface area contributed by atoms with Gasteiger partial charge in [-0.3, -0.25) is 0 Å². The van der Waals surface area contributed by atoms with E-state index in [0.29, 0.717) is 12.8 Å². The Bertz CT molecular complexity index is 428. The van der Waals surface area contributed by atoms with Gasteiger partial charge >= 0.3 is 0 Å². The van der Waals surface area contributed by atoms with Crippen molar-refractivity contribution in [3.8, 4) is 0 Å². The van der Waals surface area contributed by atoms with Crippen molar-refractivity contribution in [2.45, 2.75) is 58.0 Å². The smallest absolute Gasteiger partial charge is 0.0724 e. The van der Waals surface area contributed by atoms with E-state index in [1.807, 2.05) is 12.2 Å². The van der Waals surface area contributed by atoms with Crippen molar-refractivity contribution in [3.05, 3.63) is 60.8 Å². The SMILES string of the molecule is CC/C=C\C/C=C\C/C=C\C/C=C\C=C\C(O)CCCC(=O)[O-]. The van der Waals surface area contributed by atoms with Crippen LogP contribution in [-0.4, -0.2) is 17.2 Å². The number of aliphatic hydroxyl groups is 1. The first-order valence-corrected chi connectivity index (χ1v) is 8.33. The fourth-order valence-corrected chi connectivity index (χ4v) is 1.78. The van der Waals surface area contributed by atoms with Crippen LogP contribution in [0.15, 0.2) is 60.8 Å². The molecule has 23 heavy (non-hydrogen) atoms. The summed E-state index contributed by atoms with van der Waals surface area (Å²) in [5.41, 5.74) is 0. The molecule has 0 aromatic carbocycles. The lowest BCUT2D eigenvalue weighted by Gasteiger charge is -2.04. The van der Waals surface area contributed by atoms with E-state index in [0.717, 1.165) is 25.7 Å². The fraction of sp³-hybridized carbons (Fsp3) is 0.450. The summed E-state index contributed by atoms with van der Waals surface area (Å²) in [6, 6.07) is 0. The Morgan fingerprint density at radius 3 is 2.09 bits per heavy atom. The molecule has 0 amide bonds. The lowest BCUT2D eigenvalue weighted by Crippen LogP contribution is -2.22. The number of allylic oxidation sites excluding steroid dienone is 9. The van der Waals surface area contributed by atoms with Crippen molar-refractivity contribution >= 4 is 5.97 Å². The Labute approximate surface area is 140 Å². The highest BCUT2D eigenvalue weighted by Crippen LogP contribution is 2.02. The van der Waals surface area contributed by atoms with E-state index in [-0.39, 0.29) is 6.42 Å². The highest BCUT2D eigenvalue weighted by atomic mass is 16.4. The van der Waals surface area contributed by atoms with Crippen LogP contribution < -0.4 is 5.11 Å². The summed E-state index contributed by atoms with van der Waals surface area (Å²) in [7, 11) is 0. The zero-order chi connectivity index (χ0) is 17.2. The van der Waals surface area contributed by atoms with E-state index >= 15 is 0 Å². The minimum atomic E-state index is -1.07. The van der Waals surface area contributed by atoms with E-state index in [9.17, 15) is 15.0 Å². The zero-order valence-electron chi connectivity index (χ0n) is 14.1. The summed E-state index contributed by atoms with van der Waals surface area (Å²) >= 11 is 0. The molecule has 0 saturated carbocycles. The van der Waals surface area contributed by atoms with Crippen LogP contribution in [0.1, 0.15) is 51.9 Å². The number of hydrogen-bond acceptors (Lipinski definition) is 3. The van der Waals surface area contributed by atoms with Gasteiger partial charge in [-0.15, -0.1) is 0 Å². The molecule has 0 aliphatic carbocycles. The van der Waals surface area contributed by atoms with Gasteiger partial charge < -0.3 is 15.0 Å². The standard InChI is InChI=1S/C20H30O3/c1-2-3-4-5-6-7-8-9-10-11-12-13-14-16-19(21)17-15-18-20(22)23/h3-4,6-7,9-10,12-14,16,19,21H,2,5,8,11,15,17-18H2,1H3,(H,22,23)/p-1/b4-3-,7-6-,10-9-,13-12-,16-14+. The third-order valence-electron chi connectivity index (χ3n) is 3.01. The van der Waals surface area contributed by atoms with Crippen LogP contribution in [0.2, 0.25) is 0 Å². The number of carboxylic acid groups (broad SMARTS) is 1. The lowest BCUT2D eigenvalue weighted by molar-refractivity contribution is -0.305. The molecule has 0 radical (unpaired) electrons. The first-order valence-electron chi connectivity index (χ1n) is 8.33. The number of carbonyl (C=O) groups is 1. The Morgan fingerprint density at radius 2 is 1.52 bits per heavy atom. The van der Waals surface area contributed by atoms with Gasteiger partial charge in [0.05, 0.1) is 6.10 Å². The largest absolute Gasteiger partial charge is 0.550 e. The molecule has 128 valence electrons. The maximum atomic E-state index is 10.2. The topological polar surface area (TPSA) is 60.4 Å². The van der Waals surface area contributed by atoms with Crippen molar-refractivity contribution in [3.63, 3.8) is 0 Å². The molecule has 0 bridgehead atoms. The number of rotatable bonds is 13. The molecule has 1 atom stereocenters. The first-order chi connectivity index (χ1) is 11.2. The minimum Gasteiger partial charge on any atom is -0.550 e. The molecular weight excluding hydrogens is 288 g/mol. The second-order valence-electron chi connectivity index (χ2n) is 5.17. The number of aliphatic carboxylic acids is 1. The van der Waals surface area contributed by atoms with E-state index in [1.165, 1.54) is 0 Å². The second-order valence-corrected chi connectivity index (χ2v) is 5.17. The third-order valence-corrected chi connectivity index (χ3v) is 3.01. The summed E-state index contributed by atoms with van der Waals surface area (Å²) in [6.07, 6.45) is 24.4. The third kappa shape index (κ3) is 18.1. The van der Waals surface area contributed by atoms with Gasteiger partial charge in [0.2, 0.25) is 0 Å². The van der Waals surface area contributed by atoms with Gasteiger partial charge in [-0.25, -0.2) is 0 Å². The summed E-state index contributed by atoms with van der Waals surface area (Å²) in [5.74, 6) is -1.07. The van der Waals surface area contributed by atoms with Crippen molar-refractivity contribution in [1.29, 1.82) is 0 Å². The summed E-state index contributed by atoms with van der Waals surface area (Å²) in [4.78, 5) is 10.2. The number of carbonyl (C=O) groups excluding carboxylic acids is 1. The summed E-state index contributed by atoms with van der Waals surface area (Å²) in [6.45, 7) is 2.13. The van der Waals surface area contributed by atoms with Crippen LogP contribution in [0.3, 0.4) is 0 Å². The Balaban J connectivity index is 3.65. The molecule has 0 aromatic rings. The van der Waals surface area contributed by atoms with Crippen LogP contribution in [0.25, 0.3) is 0 Å². The molecular formula is C20H29O3-. The van der Waals surface area contributed by atoms with Crippen molar-refractivity contribution in [2.75, 3.05) is 0 Å². The van der Waals surface area contributed by atoms with Crippen LogP contribution in [-0.2, 0) is 4.79 Å². The van der Waals surface area contributed by atoms with Gasteiger partial charge in [-0.05, 0) is 44.9 Å².